The number of esters is 1. The topological polar surface area (TPSA) is 135 Å². The fourth-order valence-corrected chi connectivity index (χ4v) is 8.41. The van der Waals surface area contributed by atoms with E-state index in [0.717, 1.165) is 75.2 Å². The summed E-state index contributed by atoms with van der Waals surface area (Å²) in [6.45, 7) is 12.8. The molecule has 2 aromatic carbocycles. The van der Waals surface area contributed by atoms with Crippen molar-refractivity contribution in [3.8, 4) is 5.75 Å². The van der Waals surface area contributed by atoms with Crippen molar-refractivity contribution in [1.82, 2.24) is 24.5 Å². The number of rotatable bonds is 11. The Kier molecular flexibility index (Phi) is 14.8. The molecule has 4 amide bonds. The van der Waals surface area contributed by atoms with E-state index < -0.39 is 12.2 Å². The lowest BCUT2D eigenvalue weighted by molar-refractivity contribution is -0.144. The Bertz CT molecular complexity index is 1610. The summed E-state index contributed by atoms with van der Waals surface area (Å²) in [5.74, 6) is -0.110. The summed E-state index contributed by atoms with van der Waals surface area (Å²) >= 11 is 0. The molecule has 0 saturated carbocycles. The van der Waals surface area contributed by atoms with Crippen LogP contribution in [0.25, 0.3) is 0 Å². The highest BCUT2D eigenvalue weighted by molar-refractivity contribution is 5.91. The number of aryl methyl sites for hydroxylation is 2. The van der Waals surface area contributed by atoms with Crippen molar-refractivity contribution in [3.05, 3.63) is 58.7 Å². The molecule has 0 radical (unpaired) electrons. The van der Waals surface area contributed by atoms with Gasteiger partial charge in [-0.2, -0.15) is 0 Å². The molecule has 3 fully saturated rings. The first-order valence-electron chi connectivity index (χ1n) is 19.9. The zero-order chi connectivity index (χ0) is 38.2. The molecule has 0 aliphatic carbocycles. The van der Waals surface area contributed by atoms with Crippen LogP contribution in [0, 0.1) is 13.8 Å². The van der Waals surface area contributed by atoms with E-state index in [-0.39, 0.29) is 43.5 Å². The van der Waals surface area contributed by atoms with E-state index in [9.17, 15) is 24.3 Å². The maximum Gasteiger partial charge on any atom is 0.410 e. The van der Waals surface area contributed by atoms with Gasteiger partial charge in [-0.25, -0.2) is 9.59 Å². The predicted molar refractivity (Wildman–Crippen MR) is 212 cm³/mol. The molecule has 13 heteroatoms. The van der Waals surface area contributed by atoms with Crippen LogP contribution in [0.15, 0.2) is 36.4 Å². The Morgan fingerprint density at radius 2 is 1.53 bits per heavy atom. The second kappa shape index (κ2) is 19.5. The number of carbonyl (C=O) groups excluding carboxylic acids is 4. The van der Waals surface area contributed by atoms with Gasteiger partial charge in [0.15, 0.2) is 6.10 Å². The van der Waals surface area contributed by atoms with Crippen molar-refractivity contribution < 1.29 is 33.8 Å². The number of carbonyl (C=O) groups is 4. The standard InChI is InChI=1S/C41H58N6O7.CH4/c1-4-25-53-37(48)14-17-43-15-10-33(11-16-43)44-21-23-45(24-22-44)39(50)36(28-31-26-29(2)38(49)30(3)27-31)54-41(52)46-18-12-34(13-19-46)47-20-9-32-7-5-6-8-35(32)42-40(47)51;/h5-8,26-27,33-34,36,49H,4,9-25,28H2,1-3H3,(H,42,51);1H4/t36-;/m1./s1. The number of fused-ring (bicyclic) bond motifs is 1. The van der Waals surface area contributed by atoms with Crippen molar-refractivity contribution in [1.29, 1.82) is 0 Å². The number of piperidine rings is 2. The predicted octanol–water partition coefficient (Wildman–Crippen LogP) is 5.20. The first kappa shape index (κ1) is 41.8. The third-order valence-corrected chi connectivity index (χ3v) is 11.6. The molecule has 4 aliphatic heterocycles. The molecule has 0 unspecified atom stereocenters. The first-order chi connectivity index (χ1) is 26.1. The van der Waals surface area contributed by atoms with Crippen LogP contribution >= 0.6 is 0 Å². The number of para-hydroxylation sites is 1. The van der Waals surface area contributed by atoms with Crippen LogP contribution in [0.2, 0.25) is 0 Å². The number of nitrogens with zero attached hydrogens (tertiary/aromatic N) is 5. The van der Waals surface area contributed by atoms with Gasteiger partial charge >= 0.3 is 18.1 Å². The average molecular weight is 763 g/mol. The van der Waals surface area contributed by atoms with Crippen LogP contribution in [0.5, 0.6) is 5.75 Å². The summed E-state index contributed by atoms with van der Waals surface area (Å²) in [6.07, 6.45) is 3.99. The van der Waals surface area contributed by atoms with Gasteiger partial charge in [0, 0.05) is 76.5 Å². The molecule has 55 heavy (non-hydrogen) atoms. The lowest BCUT2D eigenvalue weighted by Gasteiger charge is -2.43. The van der Waals surface area contributed by atoms with E-state index in [1.54, 1.807) is 4.90 Å². The Hall–Kier alpha value is -4.36. The fourth-order valence-electron chi connectivity index (χ4n) is 8.41. The third-order valence-electron chi connectivity index (χ3n) is 11.6. The molecule has 2 aromatic rings. The molecule has 4 heterocycles. The van der Waals surface area contributed by atoms with Crippen molar-refractivity contribution in [2.24, 2.45) is 0 Å². The van der Waals surface area contributed by atoms with Gasteiger partial charge in [0.1, 0.15) is 5.75 Å². The van der Waals surface area contributed by atoms with E-state index in [1.807, 2.05) is 67.0 Å². The molecule has 3 saturated heterocycles. The third kappa shape index (κ3) is 10.7. The van der Waals surface area contributed by atoms with Gasteiger partial charge in [-0.3, -0.25) is 14.5 Å². The number of phenolic OH excluding ortho intramolecular Hbond substituents is 1. The largest absolute Gasteiger partial charge is 0.507 e. The number of benzene rings is 2. The van der Waals surface area contributed by atoms with Crippen molar-refractivity contribution in [3.63, 3.8) is 0 Å². The summed E-state index contributed by atoms with van der Waals surface area (Å²) in [5, 5.41) is 13.4. The lowest BCUT2D eigenvalue weighted by atomic mass is 10.00. The van der Waals surface area contributed by atoms with E-state index in [1.165, 1.54) is 0 Å². The summed E-state index contributed by atoms with van der Waals surface area (Å²) in [4.78, 5) is 63.1. The molecule has 0 spiro atoms. The van der Waals surface area contributed by atoms with Crippen LogP contribution in [0.3, 0.4) is 0 Å². The van der Waals surface area contributed by atoms with Crippen LogP contribution in [-0.4, -0.2) is 144 Å². The molecule has 2 N–H and O–H groups in total. The number of likely N-dealkylation sites (tertiary alicyclic amines) is 2. The minimum Gasteiger partial charge on any atom is -0.507 e. The molecule has 1 atom stereocenters. The Balaban J connectivity index is 0.00000580. The van der Waals surface area contributed by atoms with Crippen LogP contribution in [0.4, 0.5) is 15.3 Å². The molecule has 4 aliphatic rings. The highest BCUT2D eigenvalue weighted by atomic mass is 16.6. The number of ether oxygens (including phenoxy) is 2. The quantitative estimate of drug-likeness (QED) is 0.297. The number of urea groups is 1. The van der Waals surface area contributed by atoms with Gasteiger partial charge in [0.25, 0.3) is 5.91 Å². The number of hydrogen-bond donors (Lipinski definition) is 2. The normalized spacial score (nSPS) is 19.5. The van der Waals surface area contributed by atoms with Gasteiger partial charge in [-0.05, 0) is 93.8 Å². The lowest BCUT2D eigenvalue weighted by Crippen LogP contribution is -2.56. The van der Waals surface area contributed by atoms with Gasteiger partial charge in [0.05, 0.1) is 13.0 Å². The molecule has 0 bridgehead atoms. The number of aromatic hydroxyl groups is 1. The Morgan fingerprint density at radius 1 is 0.873 bits per heavy atom. The number of amides is 4. The maximum absolute atomic E-state index is 14.2. The maximum atomic E-state index is 14.2. The number of phenols is 1. The zero-order valence-corrected chi connectivity index (χ0v) is 32.3. The van der Waals surface area contributed by atoms with E-state index in [2.05, 4.69) is 15.1 Å². The molecule has 13 nitrogen and oxygen atoms in total. The SMILES string of the molecule is C.CCCOC(=O)CCN1CCC(N2CCN(C(=O)[C@@H](Cc3cc(C)c(O)c(C)c3)OC(=O)N3CCC(N4CCc5ccccc5NC4=O)CC3)CC2)CC1. The van der Waals surface area contributed by atoms with Crippen molar-refractivity contribution in [2.75, 3.05) is 77.4 Å². The number of anilines is 1. The van der Waals surface area contributed by atoms with E-state index in [0.29, 0.717) is 75.8 Å². The van der Waals surface area contributed by atoms with Crippen molar-refractivity contribution in [2.45, 2.75) is 97.8 Å². The number of piperazine rings is 1. The molecular formula is C42H62N6O7. The van der Waals surface area contributed by atoms with E-state index >= 15 is 0 Å². The van der Waals surface area contributed by atoms with Crippen LogP contribution in [-0.2, 0) is 31.9 Å². The summed E-state index contributed by atoms with van der Waals surface area (Å²) in [7, 11) is 0. The monoisotopic (exact) mass is 762 g/mol. The number of nitrogens with one attached hydrogen (secondary N) is 1. The minimum atomic E-state index is -1.01. The molecule has 302 valence electrons. The average Bonchev–Trinajstić information content (AvgIpc) is 3.36. The minimum absolute atomic E-state index is 0. The highest BCUT2D eigenvalue weighted by Gasteiger charge is 2.36. The summed E-state index contributed by atoms with van der Waals surface area (Å²) in [5.41, 5.74) is 4.21. The molecule has 6 rings (SSSR count). The van der Waals surface area contributed by atoms with Crippen LogP contribution < -0.4 is 5.32 Å². The first-order valence-corrected chi connectivity index (χ1v) is 19.9. The van der Waals surface area contributed by atoms with Gasteiger partial charge < -0.3 is 39.5 Å². The Morgan fingerprint density at radius 3 is 2.20 bits per heavy atom. The Labute approximate surface area is 326 Å². The fraction of sp³-hybridized carbons (Fsp3) is 0.619. The van der Waals surface area contributed by atoms with E-state index in [4.69, 9.17) is 9.47 Å². The van der Waals surface area contributed by atoms with Crippen LogP contribution in [0.1, 0.15) is 75.1 Å². The highest BCUT2D eigenvalue weighted by Crippen LogP contribution is 2.27. The van der Waals surface area contributed by atoms with Crippen molar-refractivity contribution >= 4 is 29.7 Å². The molecular weight excluding hydrogens is 700 g/mol. The number of hydrogen-bond acceptors (Lipinski definition) is 9. The zero-order valence-electron chi connectivity index (χ0n) is 32.3. The van der Waals surface area contributed by atoms with Gasteiger partial charge in [-0.15, -0.1) is 0 Å². The van der Waals surface area contributed by atoms with Gasteiger partial charge in [0.2, 0.25) is 0 Å². The van der Waals surface area contributed by atoms with Gasteiger partial charge in [-0.1, -0.05) is 44.7 Å². The second-order valence-corrected chi connectivity index (χ2v) is 15.3. The molecule has 0 aromatic heterocycles. The summed E-state index contributed by atoms with van der Waals surface area (Å²) < 4.78 is 11.3. The second-order valence-electron chi connectivity index (χ2n) is 15.3. The smallest absolute Gasteiger partial charge is 0.410 e. The summed E-state index contributed by atoms with van der Waals surface area (Å²) in [6, 6.07) is 11.9.